The number of benzene rings is 1. The predicted octanol–water partition coefficient (Wildman–Crippen LogP) is 3.12. The number of anilines is 1. The molecule has 1 saturated carbocycles. The van der Waals surface area contributed by atoms with Gasteiger partial charge in [-0.25, -0.2) is 0 Å². The minimum Gasteiger partial charge on any atom is -0.369 e. The largest absolute Gasteiger partial charge is 0.369 e. The highest BCUT2D eigenvalue weighted by molar-refractivity contribution is 6.30. The standard InChI is InChI=1S/C17H20ClN3O/c18-13-4-3-5-15(10-13)21-9-6-14(11-21)20-16(22)17(12-19)7-1-2-8-17/h3-5,10,14H,1-2,6-9,11H2,(H,20,22). The first-order chi connectivity index (χ1) is 10.6. The summed E-state index contributed by atoms with van der Waals surface area (Å²) in [6.45, 7) is 1.67. The van der Waals surface area contributed by atoms with E-state index in [9.17, 15) is 10.1 Å². The quantitative estimate of drug-likeness (QED) is 0.932. The van der Waals surface area contributed by atoms with Crippen molar-refractivity contribution >= 4 is 23.2 Å². The van der Waals surface area contributed by atoms with Gasteiger partial charge in [0.05, 0.1) is 6.07 Å². The average Bonchev–Trinajstić information content (AvgIpc) is 3.17. The number of carbonyl (C=O) groups excluding carboxylic acids is 1. The molecule has 0 bridgehead atoms. The summed E-state index contributed by atoms with van der Waals surface area (Å²) >= 11 is 6.03. The van der Waals surface area contributed by atoms with Crippen LogP contribution in [0.2, 0.25) is 5.02 Å². The summed E-state index contributed by atoms with van der Waals surface area (Å²) in [5.74, 6) is -0.0783. The lowest BCUT2D eigenvalue weighted by molar-refractivity contribution is -0.128. The second-order valence-electron chi connectivity index (χ2n) is 6.29. The molecule has 0 radical (unpaired) electrons. The van der Waals surface area contributed by atoms with Crippen LogP contribution in [0.1, 0.15) is 32.1 Å². The summed E-state index contributed by atoms with van der Waals surface area (Å²) in [5, 5.41) is 13.2. The molecule has 1 unspecified atom stereocenters. The van der Waals surface area contributed by atoms with Crippen LogP contribution in [0, 0.1) is 16.7 Å². The molecule has 3 rings (SSSR count). The molecule has 1 amide bonds. The van der Waals surface area contributed by atoms with Crippen molar-refractivity contribution in [3.8, 4) is 6.07 Å². The molecule has 1 atom stereocenters. The second kappa shape index (κ2) is 6.18. The molecule has 0 aromatic heterocycles. The van der Waals surface area contributed by atoms with Gasteiger partial charge in [-0.1, -0.05) is 30.5 Å². The van der Waals surface area contributed by atoms with Crippen molar-refractivity contribution in [2.75, 3.05) is 18.0 Å². The molecule has 2 aliphatic rings. The van der Waals surface area contributed by atoms with Crippen molar-refractivity contribution in [1.82, 2.24) is 5.32 Å². The lowest BCUT2D eigenvalue weighted by Gasteiger charge is -2.23. The summed E-state index contributed by atoms with van der Waals surface area (Å²) in [6.07, 6.45) is 4.24. The van der Waals surface area contributed by atoms with E-state index in [1.807, 2.05) is 24.3 Å². The fraction of sp³-hybridized carbons (Fsp3) is 0.529. The zero-order chi connectivity index (χ0) is 15.6. The van der Waals surface area contributed by atoms with E-state index >= 15 is 0 Å². The van der Waals surface area contributed by atoms with E-state index in [1.165, 1.54) is 0 Å². The maximum Gasteiger partial charge on any atom is 0.240 e. The molecule has 1 heterocycles. The van der Waals surface area contributed by atoms with Crippen molar-refractivity contribution in [3.05, 3.63) is 29.3 Å². The van der Waals surface area contributed by atoms with Crippen LogP contribution in [0.5, 0.6) is 0 Å². The lowest BCUT2D eigenvalue weighted by Crippen LogP contribution is -2.45. The van der Waals surface area contributed by atoms with Gasteiger partial charge >= 0.3 is 0 Å². The number of nitriles is 1. The number of amides is 1. The van der Waals surface area contributed by atoms with E-state index < -0.39 is 5.41 Å². The van der Waals surface area contributed by atoms with Gasteiger partial charge in [0.1, 0.15) is 5.41 Å². The van der Waals surface area contributed by atoms with E-state index in [0.717, 1.165) is 43.1 Å². The van der Waals surface area contributed by atoms with Crippen molar-refractivity contribution in [2.24, 2.45) is 5.41 Å². The summed E-state index contributed by atoms with van der Waals surface area (Å²) in [4.78, 5) is 14.7. The molecule has 116 valence electrons. The van der Waals surface area contributed by atoms with Crippen LogP contribution in [0.3, 0.4) is 0 Å². The molecule has 22 heavy (non-hydrogen) atoms. The first kappa shape index (κ1) is 15.2. The number of nitrogens with one attached hydrogen (secondary N) is 1. The van der Waals surface area contributed by atoms with Crippen molar-refractivity contribution in [1.29, 1.82) is 5.26 Å². The van der Waals surface area contributed by atoms with E-state index in [-0.39, 0.29) is 11.9 Å². The summed E-state index contributed by atoms with van der Waals surface area (Å²) < 4.78 is 0. The minimum absolute atomic E-state index is 0.0783. The Bertz CT molecular complexity index is 604. The van der Waals surface area contributed by atoms with Crippen molar-refractivity contribution in [2.45, 2.75) is 38.1 Å². The molecular weight excluding hydrogens is 298 g/mol. The van der Waals surface area contributed by atoms with Gasteiger partial charge in [0.15, 0.2) is 0 Å². The zero-order valence-corrected chi connectivity index (χ0v) is 13.3. The molecule has 1 aliphatic heterocycles. The SMILES string of the molecule is N#CC1(C(=O)NC2CCN(c3cccc(Cl)c3)C2)CCCC1. The Kier molecular flexibility index (Phi) is 4.26. The van der Waals surface area contributed by atoms with Crippen LogP contribution in [-0.2, 0) is 4.79 Å². The van der Waals surface area contributed by atoms with Crippen molar-refractivity contribution in [3.63, 3.8) is 0 Å². The maximum atomic E-state index is 12.5. The van der Waals surface area contributed by atoms with Gasteiger partial charge in [0, 0.05) is 29.8 Å². The summed E-state index contributed by atoms with van der Waals surface area (Å²) in [6, 6.07) is 10.1. The van der Waals surface area contributed by atoms with Crippen LogP contribution in [0.25, 0.3) is 0 Å². The Morgan fingerprint density at radius 1 is 1.41 bits per heavy atom. The third kappa shape index (κ3) is 2.91. The Morgan fingerprint density at radius 2 is 2.18 bits per heavy atom. The van der Waals surface area contributed by atoms with Gasteiger partial charge < -0.3 is 10.2 Å². The smallest absolute Gasteiger partial charge is 0.240 e. The Morgan fingerprint density at radius 3 is 2.86 bits per heavy atom. The number of carbonyl (C=O) groups is 1. The molecule has 1 aliphatic carbocycles. The number of halogens is 1. The van der Waals surface area contributed by atoms with E-state index in [1.54, 1.807) is 0 Å². The predicted molar refractivity (Wildman–Crippen MR) is 86.7 cm³/mol. The highest BCUT2D eigenvalue weighted by atomic mass is 35.5. The number of hydrogen-bond acceptors (Lipinski definition) is 3. The zero-order valence-electron chi connectivity index (χ0n) is 12.5. The Labute approximate surface area is 136 Å². The second-order valence-corrected chi connectivity index (χ2v) is 6.72. The van der Waals surface area contributed by atoms with Crippen LogP contribution < -0.4 is 10.2 Å². The third-order valence-electron chi connectivity index (χ3n) is 4.80. The number of rotatable bonds is 3. The van der Waals surface area contributed by atoms with Gasteiger partial charge in [-0.05, 0) is 37.5 Å². The molecule has 1 saturated heterocycles. The molecule has 5 heteroatoms. The average molecular weight is 318 g/mol. The Balaban J connectivity index is 1.61. The first-order valence-corrected chi connectivity index (χ1v) is 8.23. The van der Waals surface area contributed by atoms with Crippen molar-refractivity contribution < 1.29 is 4.79 Å². The molecule has 1 aromatic rings. The van der Waals surface area contributed by atoms with Gasteiger partial charge in [0.2, 0.25) is 5.91 Å². The van der Waals surface area contributed by atoms with E-state index in [0.29, 0.717) is 12.8 Å². The minimum atomic E-state index is -0.788. The highest BCUT2D eigenvalue weighted by Crippen LogP contribution is 2.38. The molecule has 4 nitrogen and oxygen atoms in total. The summed E-state index contributed by atoms with van der Waals surface area (Å²) in [7, 11) is 0. The van der Waals surface area contributed by atoms with Gasteiger partial charge in [-0.3, -0.25) is 4.79 Å². The van der Waals surface area contributed by atoms with Gasteiger partial charge in [-0.2, -0.15) is 5.26 Å². The van der Waals surface area contributed by atoms with Crippen LogP contribution in [0.15, 0.2) is 24.3 Å². The molecular formula is C17H20ClN3O. The highest BCUT2D eigenvalue weighted by Gasteiger charge is 2.42. The lowest BCUT2D eigenvalue weighted by atomic mass is 9.87. The number of hydrogen-bond donors (Lipinski definition) is 1. The molecule has 1 N–H and O–H groups in total. The molecule has 0 spiro atoms. The van der Waals surface area contributed by atoms with E-state index in [4.69, 9.17) is 11.6 Å². The van der Waals surface area contributed by atoms with Crippen LogP contribution >= 0.6 is 11.6 Å². The topological polar surface area (TPSA) is 56.1 Å². The van der Waals surface area contributed by atoms with Gasteiger partial charge in [-0.15, -0.1) is 0 Å². The Hall–Kier alpha value is -1.73. The first-order valence-electron chi connectivity index (χ1n) is 7.86. The van der Waals surface area contributed by atoms with Crippen LogP contribution in [-0.4, -0.2) is 25.0 Å². The van der Waals surface area contributed by atoms with E-state index in [2.05, 4.69) is 16.3 Å². The number of nitrogens with zero attached hydrogens (tertiary/aromatic N) is 2. The fourth-order valence-corrected chi connectivity index (χ4v) is 3.66. The fourth-order valence-electron chi connectivity index (χ4n) is 3.48. The van der Waals surface area contributed by atoms with Crippen LogP contribution in [0.4, 0.5) is 5.69 Å². The normalized spacial score (nSPS) is 23.3. The molecule has 2 fully saturated rings. The third-order valence-corrected chi connectivity index (χ3v) is 5.04. The van der Waals surface area contributed by atoms with Gasteiger partial charge in [0.25, 0.3) is 0 Å². The molecule has 1 aromatic carbocycles. The maximum absolute atomic E-state index is 12.5. The summed E-state index contributed by atoms with van der Waals surface area (Å²) in [5.41, 5.74) is 0.295. The monoisotopic (exact) mass is 317 g/mol.